The van der Waals surface area contributed by atoms with Gasteiger partial charge in [0, 0.05) is 12.1 Å². The predicted octanol–water partition coefficient (Wildman–Crippen LogP) is 3.48. The zero-order valence-electron chi connectivity index (χ0n) is 14.2. The fourth-order valence-electron chi connectivity index (χ4n) is 3.59. The number of para-hydroxylation sites is 3. The summed E-state index contributed by atoms with van der Waals surface area (Å²) in [4.78, 5) is 22.9. The summed E-state index contributed by atoms with van der Waals surface area (Å²) < 4.78 is 5.37. The molecule has 1 fully saturated rings. The van der Waals surface area contributed by atoms with E-state index in [9.17, 15) is 4.79 Å². The van der Waals surface area contributed by atoms with Gasteiger partial charge in [-0.2, -0.15) is 0 Å². The SMILES string of the molecule is COc1ccccc1CC(=O)N1CCCC1c1nc2ccccc2[nH]1. The normalized spacial score (nSPS) is 17.2. The summed E-state index contributed by atoms with van der Waals surface area (Å²) in [6, 6.07) is 15.7. The van der Waals surface area contributed by atoms with E-state index in [-0.39, 0.29) is 11.9 Å². The number of aromatic amines is 1. The summed E-state index contributed by atoms with van der Waals surface area (Å²) >= 11 is 0. The first-order valence-electron chi connectivity index (χ1n) is 8.62. The predicted molar refractivity (Wildman–Crippen MR) is 96.5 cm³/mol. The minimum absolute atomic E-state index is 0.0228. The molecule has 2 heterocycles. The van der Waals surface area contributed by atoms with Crippen LogP contribution in [0.5, 0.6) is 5.75 Å². The van der Waals surface area contributed by atoms with E-state index in [4.69, 9.17) is 9.72 Å². The number of amides is 1. The van der Waals surface area contributed by atoms with Crippen LogP contribution in [0.1, 0.15) is 30.3 Å². The van der Waals surface area contributed by atoms with Crippen molar-refractivity contribution in [1.29, 1.82) is 0 Å². The molecule has 4 rings (SSSR count). The lowest BCUT2D eigenvalue weighted by atomic mass is 10.1. The monoisotopic (exact) mass is 335 g/mol. The molecule has 5 heteroatoms. The van der Waals surface area contributed by atoms with Crippen LogP contribution in [0.4, 0.5) is 0 Å². The van der Waals surface area contributed by atoms with Crippen LogP contribution in [0.2, 0.25) is 0 Å². The number of ether oxygens (including phenoxy) is 1. The van der Waals surface area contributed by atoms with Gasteiger partial charge in [-0.05, 0) is 31.0 Å². The molecule has 3 aromatic rings. The highest BCUT2D eigenvalue weighted by molar-refractivity contribution is 5.80. The maximum absolute atomic E-state index is 12.9. The highest BCUT2D eigenvalue weighted by atomic mass is 16.5. The van der Waals surface area contributed by atoms with Gasteiger partial charge in [0.15, 0.2) is 0 Å². The molecule has 1 amide bonds. The van der Waals surface area contributed by atoms with Crippen LogP contribution in [-0.2, 0) is 11.2 Å². The average molecular weight is 335 g/mol. The van der Waals surface area contributed by atoms with E-state index in [1.807, 2.05) is 53.4 Å². The third-order valence-corrected chi connectivity index (χ3v) is 4.83. The summed E-state index contributed by atoms with van der Waals surface area (Å²) in [6.45, 7) is 0.774. The molecule has 2 aromatic carbocycles. The van der Waals surface area contributed by atoms with Crippen molar-refractivity contribution in [1.82, 2.24) is 14.9 Å². The number of carbonyl (C=O) groups excluding carboxylic acids is 1. The molecule has 0 spiro atoms. The molecule has 1 saturated heterocycles. The molecular formula is C20H21N3O2. The number of hydrogen-bond donors (Lipinski definition) is 1. The van der Waals surface area contributed by atoms with Crippen molar-refractivity contribution >= 4 is 16.9 Å². The van der Waals surface area contributed by atoms with Gasteiger partial charge in [0.05, 0.1) is 30.6 Å². The van der Waals surface area contributed by atoms with E-state index in [0.29, 0.717) is 6.42 Å². The highest BCUT2D eigenvalue weighted by Crippen LogP contribution is 2.32. The molecule has 0 bridgehead atoms. The first-order valence-corrected chi connectivity index (χ1v) is 8.62. The molecule has 1 aliphatic rings. The second kappa shape index (κ2) is 6.59. The Kier molecular flexibility index (Phi) is 4.14. The Labute approximate surface area is 146 Å². The van der Waals surface area contributed by atoms with Crippen molar-refractivity contribution in [2.45, 2.75) is 25.3 Å². The average Bonchev–Trinajstić information content (AvgIpc) is 3.28. The lowest BCUT2D eigenvalue weighted by Crippen LogP contribution is -2.32. The minimum Gasteiger partial charge on any atom is -0.496 e. The van der Waals surface area contributed by atoms with Crippen molar-refractivity contribution in [2.24, 2.45) is 0 Å². The molecule has 0 aliphatic carbocycles. The van der Waals surface area contributed by atoms with Crippen molar-refractivity contribution in [3.8, 4) is 5.75 Å². The van der Waals surface area contributed by atoms with Gasteiger partial charge in [-0.3, -0.25) is 4.79 Å². The maximum atomic E-state index is 12.9. The van der Waals surface area contributed by atoms with Crippen molar-refractivity contribution in [2.75, 3.05) is 13.7 Å². The number of aromatic nitrogens is 2. The Morgan fingerprint density at radius 3 is 2.88 bits per heavy atom. The zero-order valence-corrected chi connectivity index (χ0v) is 14.2. The molecule has 1 atom stereocenters. The smallest absolute Gasteiger partial charge is 0.227 e. The third-order valence-electron chi connectivity index (χ3n) is 4.83. The molecule has 1 unspecified atom stereocenters. The largest absolute Gasteiger partial charge is 0.496 e. The summed E-state index contributed by atoms with van der Waals surface area (Å²) in [5.74, 6) is 1.76. The number of methoxy groups -OCH3 is 1. The summed E-state index contributed by atoms with van der Waals surface area (Å²) in [6.07, 6.45) is 2.29. The molecule has 0 saturated carbocycles. The topological polar surface area (TPSA) is 58.2 Å². The van der Waals surface area contributed by atoms with Gasteiger partial charge in [0.1, 0.15) is 11.6 Å². The second-order valence-corrected chi connectivity index (χ2v) is 6.37. The van der Waals surface area contributed by atoms with Crippen LogP contribution < -0.4 is 4.74 Å². The van der Waals surface area contributed by atoms with E-state index in [0.717, 1.165) is 47.6 Å². The highest BCUT2D eigenvalue weighted by Gasteiger charge is 2.32. The zero-order chi connectivity index (χ0) is 17.2. The Hall–Kier alpha value is -2.82. The molecule has 25 heavy (non-hydrogen) atoms. The summed E-state index contributed by atoms with van der Waals surface area (Å²) in [5.41, 5.74) is 2.88. The number of nitrogens with one attached hydrogen (secondary N) is 1. The maximum Gasteiger partial charge on any atom is 0.227 e. The minimum atomic E-state index is 0.0228. The van der Waals surface area contributed by atoms with Crippen LogP contribution in [0.25, 0.3) is 11.0 Å². The Morgan fingerprint density at radius 1 is 1.24 bits per heavy atom. The Bertz CT molecular complexity index is 870. The molecular weight excluding hydrogens is 314 g/mol. The molecule has 128 valence electrons. The molecule has 1 aromatic heterocycles. The molecule has 0 radical (unpaired) electrons. The number of carbonyl (C=O) groups is 1. The quantitative estimate of drug-likeness (QED) is 0.794. The number of H-pyrrole nitrogens is 1. The lowest BCUT2D eigenvalue weighted by Gasteiger charge is -2.23. The van der Waals surface area contributed by atoms with Crippen molar-refractivity contribution < 1.29 is 9.53 Å². The van der Waals surface area contributed by atoms with Crippen molar-refractivity contribution in [3.63, 3.8) is 0 Å². The van der Waals surface area contributed by atoms with Gasteiger partial charge in [0.2, 0.25) is 5.91 Å². The van der Waals surface area contributed by atoms with Gasteiger partial charge < -0.3 is 14.6 Å². The van der Waals surface area contributed by atoms with E-state index < -0.39 is 0 Å². The number of benzene rings is 2. The van der Waals surface area contributed by atoms with E-state index >= 15 is 0 Å². The van der Waals surface area contributed by atoms with Crippen LogP contribution >= 0.6 is 0 Å². The second-order valence-electron chi connectivity index (χ2n) is 6.37. The number of fused-ring (bicyclic) bond motifs is 1. The lowest BCUT2D eigenvalue weighted by molar-refractivity contribution is -0.131. The number of rotatable bonds is 4. The van der Waals surface area contributed by atoms with Crippen LogP contribution in [0.3, 0.4) is 0 Å². The Morgan fingerprint density at radius 2 is 2.04 bits per heavy atom. The summed E-state index contributed by atoms with van der Waals surface area (Å²) in [5, 5.41) is 0. The van der Waals surface area contributed by atoms with E-state index in [1.54, 1.807) is 7.11 Å². The van der Waals surface area contributed by atoms with Gasteiger partial charge in [-0.25, -0.2) is 4.98 Å². The molecule has 5 nitrogen and oxygen atoms in total. The fourth-order valence-corrected chi connectivity index (χ4v) is 3.59. The van der Waals surface area contributed by atoms with Gasteiger partial charge in [-0.15, -0.1) is 0 Å². The number of likely N-dealkylation sites (tertiary alicyclic amines) is 1. The number of imidazole rings is 1. The van der Waals surface area contributed by atoms with Gasteiger partial charge in [-0.1, -0.05) is 30.3 Å². The van der Waals surface area contributed by atoms with Crippen LogP contribution in [0.15, 0.2) is 48.5 Å². The fraction of sp³-hybridized carbons (Fsp3) is 0.300. The summed E-state index contributed by atoms with van der Waals surface area (Å²) in [7, 11) is 1.64. The van der Waals surface area contributed by atoms with Crippen LogP contribution in [0, 0.1) is 0 Å². The Balaban J connectivity index is 1.57. The number of nitrogens with zero attached hydrogens (tertiary/aromatic N) is 2. The first-order chi connectivity index (χ1) is 12.3. The first kappa shape index (κ1) is 15.7. The molecule has 1 N–H and O–H groups in total. The number of hydrogen-bond acceptors (Lipinski definition) is 3. The third kappa shape index (κ3) is 2.97. The van der Waals surface area contributed by atoms with Gasteiger partial charge >= 0.3 is 0 Å². The standard InChI is InChI=1S/C20H21N3O2/c1-25-18-11-5-2-7-14(18)13-19(24)23-12-6-10-17(23)20-21-15-8-3-4-9-16(15)22-20/h2-5,7-9,11,17H,6,10,12-13H2,1H3,(H,21,22). The molecule has 1 aliphatic heterocycles. The van der Waals surface area contributed by atoms with Crippen molar-refractivity contribution in [3.05, 3.63) is 59.9 Å². The van der Waals surface area contributed by atoms with Crippen LogP contribution in [-0.4, -0.2) is 34.4 Å². The van der Waals surface area contributed by atoms with Gasteiger partial charge in [0.25, 0.3) is 0 Å². The van der Waals surface area contributed by atoms with E-state index in [2.05, 4.69) is 4.98 Å². The van der Waals surface area contributed by atoms with E-state index in [1.165, 1.54) is 0 Å².